The van der Waals surface area contributed by atoms with Crippen LogP contribution in [0.2, 0.25) is 0 Å². The summed E-state index contributed by atoms with van der Waals surface area (Å²) in [5.41, 5.74) is 0.565. The minimum atomic E-state index is -0.215. The van der Waals surface area contributed by atoms with Gasteiger partial charge in [0.2, 0.25) is 0 Å². The lowest BCUT2D eigenvalue weighted by molar-refractivity contribution is -0.174. The second kappa shape index (κ2) is 8.63. The molecule has 0 bridgehead atoms. The van der Waals surface area contributed by atoms with Crippen molar-refractivity contribution >= 4 is 5.97 Å². The molecule has 4 saturated carbocycles. The normalized spacial score (nSPS) is 47.9. The summed E-state index contributed by atoms with van der Waals surface area (Å²) in [6.07, 6.45) is 9.74. The lowest BCUT2D eigenvalue weighted by Crippen LogP contribution is -2.58. The Bertz CT molecular complexity index is 662. The molecule has 4 rings (SSSR count). The molecule has 4 fully saturated rings. The molecule has 4 heteroatoms. The summed E-state index contributed by atoms with van der Waals surface area (Å²) in [5.74, 6) is 3.17. The third-order valence-electron chi connectivity index (χ3n) is 10.6. The molecule has 0 aromatic heterocycles. The average molecular weight is 435 g/mol. The number of carbonyl (C=O) groups is 1. The predicted molar refractivity (Wildman–Crippen MR) is 122 cm³/mol. The summed E-state index contributed by atoms with van der Waals surface area (Å²) in [4.78, 5) is 12.1. The first-order valence-corrected chi connectivity index (χ1v) is 13.1. The van der Waals surface area contributed by atoms with Gasteiger partial charge in [-0.15, -0.1) is 0 Å². The van der Waals surface area contributed by atoms with Crippen molar-refractivity contribution in [1.82, 2.24) is 0 Å². The molecule has 0 saturated heterocycles. The number of esters is 1. The van der Waals surface area contributed by atoms with E-state index in [0.717, 1.165) is 32.1 Å². The van der Waals surface area contributed by atoms with Gasteiger partial charge in [-0.05, 0) is 118 Å². The Kier molecular flexibility index (Phi) is 6.55. The van der Waals surface area contributed by atoms with Gasteiger partial charge in [0.15, 0.2) is 0 Å². The molecule has 0 spiro atoms. The van der Waals surface area contributed by atoms with Gasteiger partial charge in [0.1, 0.15) is 0 Å². The second-order valence-corrected chi connectivity index (χ2v) is 12.5. The van der Waals surface area contributed by atoms with Gasteiger partial charge in [0.25, 0.3) is 0 Å². The van der Waals surface area contributed by atoms with Gasteiger partial charge >= 0.3 is 5.97 Å². The Morgan fingerprint density at radius 3 is 2.35 bits per heavy atom. The maximum Gasteiger partial charge on any atom is 0.306 e. The molecule has 0 unspecified atom stereocenters. The molecule has 31 heavy (non-hydrogen) atoms. The highest BCUT2D eigenvalue weighted by molar-refractivity contribution is 5.69. The van der Waals surface area contributed by atoms with Gasteiger partial charge in [-0.2, -0.15) is 0 Å². The van der Waals surface area contributed by atoms with E-state index >= 15 is 0 Å². The SMILES string of the molecule is CC(C)OC(=O)CC[C@@H](C)[C@H]1CC[C@H]2[C@@H]3[C@@H](O)C[C@@H]4C[C@H](O)CC[C@]4(C)[C@H]3CC[C@]12C. The van der Waals surface area contributed by atoms with Crippen molar-refractivity contribution in [2.24, 2.45) is 46.3 Å². The van der Waals surface area contributed by atoms with Gasteiger partial charge in [-0.3, -0.25) is 4.79 Å². The molecular weight excluding hydrogens is 388 g/mol. The van der Waals surface area contributed by atoms with Crippen LogP contribution >= 0.6 is 0 Å². The van der Waals surface area contributed by atoms with E-state index in [1.54, 1.807) is 0 Å². The molecule has 0 aliphatic heterocycles. The van der Waals surface area contributed by atoms with Crippen LogP contribution in [-0.4, -0.2) is 34.5 Å². The van der Waals surface area contributed by atoms with E-state index in [4.69, 9.17) is 4.74 Å². The van der Waals surface area contributed by atoms with Crippen LogP contribution in [0.1, 0.15) is 98.8 Å². The van der Waals surface area contributed by atoms with Gasteiger partial charge < -0.3 is 14.9 Å². The summed E-state index contributed by atoms with van der Waals surface area (Å²) in [6.45, 7) is 11.1. The van der Waals surface area contributed by atoms with E-state index in [1.165, 1.54) is 25.7 Å². The van der Waals surface area contributed by atoms with Crippen molar-refractivity contribution in [3.05, 3.63) is 0 Å². The summed E-state index contributed by atoms with van der Waals surface area (Å²) in [7, 11) is 0. The van der Waals surface area contributed by atoms with Crippen molar-refractivity contribution in [3.63, 3.8) is 0 Å². The Hall–Kier alpha value is -0.610. The molecule has 2 N–H and O–H groups in total. The first kappa shape index (κ1) is 23.5. The highest BCUT2D eigenvalue weighted by atomic mass is 16.5. The maximum absolute atomic E-state index is 12.1. The number of fused-ring (bicyclic) bond motifs is 5. The fourth-order valence-corrected chi connectivity index (χ4v) is 9.04. The zero-order chi connectivity index (χ0) is 22.6. The van der Waals surface area contributed by atoms with Crippen molar-refractivity contribution in [2.75, 3.05) is 0 Å². The Morgan fingerprint density at radius 1 is 0.968 bits per heavy atom. The quantitative estimate of drug-likeness (QED) is 0.573. The third-order valence-corrected chi connectivity index (χ3v) is 10.6. The molecule has 178 valence electrons. The van der Waals surface area contributed by atoms with Crippen LogP contribution in [0, 0.1) is 46.3 Å². The number of carbonyl (C=O) groups excluding carboxylic acids is 1. The summed E-state index contributed by atoms with van der Waals surface area (Å²) in [6, 6.07) is 0. The third kappa shape index (κ3) is 4.09. The van der Waals surface area contributed by atoms with Crippen LogP contribution in [0.3, 0.4) is 0 Å². The molecule has 0 heterocycles. The molecule has 4 nitrogen and oxygen atoms in total. The van der Waals surface area contributed by atoms with Gasteiger partial charge in [0, 0.05) is 6.42 Å². The number of aliphatic hydroxyl groups is 2. The monoisotopic (exact) mass is 434 g/mol. The zero-order valence-electron chi connectivity index (χ0n) is 20.5. The van der Waals surface area contributed by atoms with E-state index in [0.29, 0.717) is 41.9 Å². The van der Waals surface area contributed by atoms with Gasteiger partial charge in [-0.1, -0.05) is 20.8 Å². The number of aliphatic hydroxyl groups excluding tert-OH is 2. The number of hydrogen-bond donors (Lipinski definition) is 2. The minimum Gasteiger partial charge on any atom is -0.463 e. The van der Waals surface area contributed by atoms with E-state index in [-0.39, 0.29) is 35.1 Å². The Labute approximate surface area is 189 Å². The van der Waals surface area contributed by atoms with Crippen LogP contribution in [0.15, 0.2) is 0 Å². The van der Waals surface area contributed by atoms with Crippen molar-refractivity contribution < 1.29 is 19.7 Å². The molecule has 0 aromatic rings. The largest absolute Gasteiger partial charge is 0.463 e. The fraction of sp³-hybridized carbons (Fsp3) is 0.963. The molecule has 0 amide bonds. The van der Waals surface area contributed by atoms with E-state index in [9.17, 15) is 15.0 Å². The summed E-state index contributed by atoms with van der Waals surface area (Å²) >= 11 is 0. The smallest absolute Gasteiger partial charge is 0.306 e. The first-order valence-electron chi connectivity index (χ1n) is 13.1. The highest BCUT2D eigenvalue weighted by Crippen LogP contribution is 2.68. The number of hydrogen-bond acceptors (Lipinski definition) is 4. The van der Waals surface area contributed by atoms with Crippen LogP contribution in [0.4, 0.5) is 0 Å². The van der Waals surface area contributed by atoms with Gasteiger partial charge in [0.05, 0.1) is 18.3 Å². The number of rotatable bonds is 5. The van der Waals surface area contributed by atoms with E-state index in [1.807, 2.05) is 13.8 Å². The lowest BCUT2D eigenvalue weighted by Gasteiger charge is -2.62. The van der Waals surface area contributed by atoms with Crippen LogP contribution < -0.4 is 0 Å². The lowest BCUT2D eigenvalue weighted by atomic mass is 9.43. The standard InChI is InChI=1S/C27H46O4/c1-16(2)31-24(30)9-6-17(3)20-7-8-21-25-22(11-13-27(20,21)5)26(4)12-10-19(28)14-18(26)15-23(25)29/h16-23,25,28-29H,6-15H2,1-5H3/t17-,18+,19-,20-,21+,22+,23+,25+,26+,27-/m1/s1. The van der Waals surface area contributed by atoms with Crippen molar-refractivity contribution in [1.29, 1.82) is 0 Å². The topological polar surface area (TPSA) is 66.8 Å². The Morgan fingerprint density at radius 2 is 1.65 bits per heavy atom. The first-order chi connectivity index (χ1) is 14.6. The Balaban J connectivity index is 1.47. The average Bonchev–Trinajstić information content (AvgIpc) is 3.04. The van der Waals surface area contributed by atoms with Gasteiger partial charge in [-0.25, -0.2) is 0 Å². The molecule has 0 radical (unpaired) electrons. The molecule has 10 atom stereocenters. The van der Waals surface area contributed by atoms with Crippen LogP contribution in [0.5, 0.6) is 0 Å². The molecular formula is C27H46O4. The van der Waals surface area contributed by atoms with Crippen LogP contribution in [-0.2, 0) is 9.53 Å². The fourth-order valence-electron chi connectivity index (χ4n) is 9.04. The number of ether oxygens (including phenoxy) is 1. The minimum absolute atomic E-state index is 0.0367. The van der Waals surface area contributed by atoms with Crippen molar-refractivity contribution in [2.45, 2.75) is 117 Å². The second-order valence-electron chi connectivity index (χ2n) is 12.5. The van der Waals surface area contributed by atoms with Crippen molar-refractivity contribution in [3.8, 4) is 0 Å². The van der Waals surface area contributed by atoms with Crippen LogP contribution in [0.25, 0.3) is 0 Å². The predicted octanol–water partition coefficient (Wildman–Crippen LogP) is 5.34. The highest BCUT2D eigenvalue weighted by Gasteiger charge is 2.62. The molecule has 4 aliphatic rings. The van der Waals surface area contributed by atoms with E-state index < -0.39 is 0 Å². The maximum atomic E-state index is 12.1. The summed E-state index contributed by atoms with van der Waals surface area (Å²) in [5, 5.41) is 21.6. The summed E-state index contributed by atoms with van der Waals surface area (Å²) < 4.78 is 5.36. The van der Waals surface area contributed by atoms with E-state index in [2.05, 4.69) is 20.8 Å². The molecule has 0 aromatic carbocycles. The molecule has 4 aliphatic carbocycles. The zero-order valence-corrected chi connectivity index (χ0v) is 20.5.